The minimum Gasteiger partial charge on any atom is -0.512 e. The smallest absolute Gasteiger partial charge is 0.155 e. The predicted octanol–water partition coefficient (Wildman–Crippen LogP) is 4.80. The van der Waals surface area contributed by atoms with Gasteiger partial charge in [0.25, 0.3) is 0 Å². The van der Waals surface area contributed by atoms with Crippen molar-refractivity contribution in [2.45, 2.75) is 13.8 Å². The zero-order valence-electron chi connectivity index (χ0n) is 12.7. The van der Waals surface area contributed by atoms with Crippen LogP contribution in [0.5, 0.6) is 0 Å². The molecule has 0 saturated heterocycles. The van der Waals surface area contributed by atoms with E-state index >= 15 is 0 Å². The van der Waals surface area contributed by atoms with E-state index in [2.05, 4.69) is 22.5 Å². The number of hydrogen-bond donors (Lipinski definition) is 1. The van der Waals surface area contributed by atoms with Gasteiger partial charge in [0.15, 0.2) is 5.78 Å². The summed E-state index contributed by atoms with van der Waals surface area (Å²) < 4.78 is 1.24. The Morgan fingerprint density at radius 3 is 2.61 bits per heavy atom. The molecule has 121 valence electrons. The third-order valence-electron chi connectivity index (χ3n) is 2.74. The molecule has 3 rings (SSSR count). The van der Waals surface area contributed by atoms with Crippen LogP contribution in [-0.2, 0) is 24.9 Å². The van der Waals surface area contributed by atoms with Crippen molar-refractivity contribution in [1.82, 2.24) is 4.98 Å². The Balaban J connectivity index is 0.000000287. The summed E-state index contributed by atoms with van der Waals surface area (Å²) in [5.41, 5.74) is 2.09. The molecule has 23 heavy (non-hydrogen) atoms. The molecule has 0 fully saturated rings. The number of aliphatic hydroxyl groups excluding tert-OH is 1. The maximum atomic E-state index is 10.0. The van der Waals surface area contributed by atoms with Crippen molar-refractivity contribution in [2.24, 2.45) is 0 Å². The van der Waals surface area contributed by atoms with Gasteiger partial charge in [-0.2, -0.15) is 11.3 Å². The fraction of sp³-hybridized carbons (Fsp3) is 0.111. The molecule has 2 heterocycles. The second-order valence-electron chi connectivity index (χ2n) is 4.67. The second-order valence-corrected chi connectivity index (χ2v) is 5.59. The first-order chi connectivity index (χ1) is 10.6. The zero-order valence-corrected chi connectivity index (χ0v) is 16.0. The van der Waals surface area contributed by atoms with Gasteiger partial charge in [-0.25, -0.2) is 0 Å². The van der Waals surface area contributed by atoms with Gasteiger partial charge in [0.05, 0.1) is 5.76 Å². The number of allylic oxidation sites excluding steroid dienone is 2. The molecule has 2 aromatic heterocycles. The van der Waals surface area contributed by atoms with Crippen molar-refractivity contribution in [2.75, 3.05) is 0 Å². The summed E-state index contributed by atoms with van der Waals surface area (Å²) in [4.78, 5) is 14.4. The van der Waals surface area contributed by atoms with Crippen LogP contribution in [0.4, 0.5) is 0 Å². The van der Waals surface area contributed by atoms with E-state index in [1.54, 1.807) is 11.3 Å². The molecule has 3 nitrogen and oxygen atoms in total. The number of pyridine rings is 1. The van der Waals surface area contributed by atoms with E-state index in [9.17, 15) is 4.79 Å². The SMILES string of the molecule is CC(=O)C=C(C)O.[Ir].[c-]1ccccc1-c1nccc2ccsc12. The van der Waals surface area contributed by atoms with Gasteiger partial charge in [0.1, 0.15) is 0 Å². The molecule has 0 aliphatic carbocycles. The number of aliphatic hydroxyl groups is 1. The number of ketones is 1. The van der Waals surface area contributed by atoms with E-state index in [-0.39, 0.29) is 31.6 Å². The van der Waals surface area contributed by atoms with Crippen molar-refractivity contribution in [3.05, 3.63) is 65.9 Å². The number of nitrogens with zero attached hydrogens (tertiary/aromatic N) is 1. The van der Waals surface area contributed by atoms with Crippen molar-refractivity contribution >= 4 is 27.2 Å². The molecule has 1 aromatic carbocycles. The Kier molecular flexibility index (Phi) is 7.82. The molecule has 1 radical (unpaired) electrons. The summed E-state index contributed by atoms with van der Waals surface area (Å²) >= 11 is 1.73. The normalized spacial score (nSPS) is 10.4. The molecule has 0 atom stereocenters. The van der Waals surface area contributed by atoms with Crippen LogP contribution in [0.3, 0.4) is 0 Å². The van der Waals surface area contributed by atoms with Crippen molar-refractivity contribution < 1.29 is 30.0 Å². The second kappa shape index (κ2) is 9.36. The molecule has 0 aliphatic rings. The van der Waals surface area contributed by atoms with Crippen LogP contribution in [0.2, 0.25) is 0 Å². The number of fused-ring (bicyclic) bond motifs is 1. The van der Waals surface area contributed by atoms with Gasteiger partial charge < -0.3 is 10.1 Å². The van der Waals surface area contributed by atoms with Crippen LogP contribution in [0.1, 0.15) is 13.8 Å². The average molecular weight is 503 g/mol. The first kappa shape index (κ1) is 19.2. The third-order valence-corrected chi connectivity index (χ3v) is 3.68. The van der Waals surface area contributed by atoms with Gasteiger partial charge in [0, 0.05) is 42.8 Å². The topological polar surface area (TPSA) is 50.2 Å². The number of aromatic nitrogens is 1. The standard InChI is InChI=1S/C13H8NS.C5H8O2.Ir/c1-2-4-10(5-3-1)12-13-11(6-8-14-12)7-9-15-13;1-4(6)3-5(2)7;/h1-4,6-9H;3,6H,1-2H3;/q-1;;. The Hall–Kier alpha value is -1.81. The molecular formula is C18H16IrNO2S-. The molecule has 3 aromatic rings. The largest absolute Gasteiger partial charge is 0.512 e. The molecule has 0 bridgehead atoms. The third kappa shape index (κ3) is 5.71. The zero-order chi connectivity index (χ0) is 15.9. The van der Waals surface area contributed by atoms with E-state index < -0.39 is 0 Å². The van der Waals surface area contributed by atoms with Gasteiger partial charge in [-0.1, -0.05) is 0 Å². The monoisotopic (exact) mass is 503 g/mol. The van der Waals surface area contributed by atoms with Crippen molar-refractivity contribution in [3.8, 4) is 11.3 Å². The minimum atomic E-state index is -0.125. The van der Waals surface area contributed by atoms with E-state index in [0.29, 0.717) is 0 Å². The first-order valence-corrected chi connectivity index (χ1v) is 7.63. The van der Waals surface area contributed by atoms with Gasteiger partial charge in [-0.05, 0) is 36.7 Å². The number of rotatable bonds is 2. The number of thiophene rings is 1. The fourth-order valence-electron chi connectivity index (χ4n) is 1.92. The molecule has 5 heteroatoms. The Labute approximate surface area is 153 Å². The summed E-state index contributed by atoms with van der Waals surface area (Å²) in [6.07, 6.45) is 3.02. The number of hydrogen-bond acceptors (Lipinski definition) is 4. The molecule has 0 aliphatic heterocycles. The van der Waals surface area contributed by atoms with Crippen molar-refractivity contribution in [3.63, 3.8) is 0 Å². The van der Waals surface area contributed by atoms with Crippen LogP contribution in [0.25, 0.3) is 21.3 Å². The molecule has 0 saturated carbocycles. The first-order valence-electron chi connectivity index (χ1n) is 6.75. The van der Waals surface area contributed by atoms with Crippen LogP contribution in [-0.4, -0.2) is 15.9 Å². The molecule has 0 unspecified atom stereocenters. The molecular weight excluding hydrogens is 486 g/mol. The van der Waals surface area contributed by atoms with Crippen molar-refractivity contribution in [1.29, 1.82) is 0 Å². The summed E-state index contributed by atoms with van der Waals surface area (Å²) in [6.45, 7) is 2.85. The number of benzene rings is 1. The van der Waals surface area contributed by atoms with E-state index in [1.165, 1.54) is 30.0 Å². The Bertz CT molecular complexity index is 793. The van der Waals surface area contributed by atoms with Gasteiger partial charge >= 0.3 is 0 Å². The number of carbonyl (C=O) groups excluding carboxylic acids is 1. The minimum absolute atomic E-state index is 0. The molecule has 0 spiro atoms. The van der Waals surface area contributed by atoms with Crippen LogP contribution in [0, 0.1) is 6.07 Å². The quantitative estimate of drug-likeness (QED) is 0.311. The Morgan fingerprint density at radius 1 is 1.26 bits per heavy atom. The van der Waals surface area contributed by atoms with Gasteiger partial charge in [-0.3, -0.25) is 4.79 Å². The van der Waals surface area contributed by atoms with E-state index in [0.717, 1.165) is 11.3 Å². The predicted molar refractivity (Wildman–Crippen MR) is 91.0 cm³/mol. The van der Waals surface area contributed by atoms with E-state index in [4.69, 9.17) is 5.11 Å². The van der Waals surface area contributed by atoms with Crippen LogP contribution in [0.15, 0.2) is 59.8 Å². The van der Waals surface area contributed by atoms with Crippen LogP contribution >= 0.6 is 11.3 Å². The fourth-order valence-corrected chi connectivity index (χ4v) is 2.82. The summed E-state index contributed by atoms with van der Waals surface area (Å²) in [5, 5.41) is 11.7. The summed E-state index contributed by atoms with van der Waals surface area (Å²) in [7, 11) is 0. The van der Waals surface area contributed by atoms with Gasteiger partial charge in [0.2, 0.25) is 0 Å². The van der Waals surface area contributed by atoms with E-state index in [1.807, 2.05) is 36.5 Å². The van der Waals surface area contributed by atoms with Crippen LogP contribution < -0.4 is 0 Å². The maximum absolute atomic E-state index is 10.0. The maximum Gasteiger partial charge on any atom is 0.155 e. The average Bonchev–Trinajstić information content (AvgIpc) is 2.95. The summed E-state index contributed by atoms with van der Waals surface area (Å²) in [6, 6.07) is 15.3. The molecule has 1 N–H and O–H groups in total. The van der Waals surface area contributed by atoms with Gasteiger partial charge in [-0.15, -0.1) is 35.9 Å². The summed E-state index contributed by atoms with van der Waals surface area (Å²) in [5.74, 6) is -0.0625. The number of carbonyl (C=O) groups is 1. The Morgan fingerprint density at radius 2 is 2.04 bits per heavy atom. The molecule has 0 amide bonds.